The van der Waals surface area contributed by atoms with Crippen molar-refractivity contribution in [3.63, 3.8) is 0 Å². The van der Waals surface area contributed by atoms with Gasteiger partial charge < -0.3 is 15.4 Å². The second-order valence-corrected chi connectivity index (χ2v) is 4.70. The van der Waals surface area contributed by atoms with Gasteiger partial charge >= 0.3 is 5.97 Å². The highest BCUT2D eigenvalue weighted by Crippen LogP contribution is 2.09. The number of carbonyl (C=O) groups is 2. The van der Waals surface area contributed by atoms with Crippen LogP contribution in [0.25, 0.3) is 0 Å². The zero-order valence-corrected chi connectivity index (χ0v) is 12.8. The zero-order chi connectivity index (χ0) is 16.4. The average Bonchev–Trinajstić information content (AvgIpc) is 2.53. The molecule has 0 spiro atoms. The van der Waals surface area contributed by atoms with Gasteiger partial charge in [0.2, 0.25) is 0 Å². The predicted octanol–water partition coefficient (Wildman–Crippen LogP) is 1.52. The molecule has 0 aliphatic rings. The van der Waals surface area contributed by atoms with E-state index < -0.39 is 5.91 Å². The molecular weight excluding hydrogens is 306 g/mol. The lowest BCUT2D eigenvalue weighted by Crippen LogP contribution is -2.25. The molecule has 0 aliphatic carbocycles. The zero-order valence-electron chi connectivity index (χ0n) is 12.1. The van der Waals surface area contributed by atoms with Crippen LogP contribution in [0.3, 0.4) is 0 Å². The van der Waals surface area contributed by atoms with Gasteiger partial charge in [-0.15, -0.1) is 0 Å². The van der Waals surface area contributed by atoms with Crippen molar-refractivity contribution in [1.29, 1.82) is 5.26 Å². The van der Waals surface area contributed by atoms with Gasteiger partial charge in [0.15, 0.2) is 0 Å². The number of rotatable bonds is 7. The number of amides is 1. The Bertz CT molecular complexity index is 591. The molecule has 0 aromatic heterocycles. The monoisotopic (exact) mass is 321 g/mol. The van der Waals surface area contributed by atoms with Crippen LogP contribution in [-0.2, 0) is 20.9 Å². The van der Waals surface area contributed by atoms with Gasteiger partial charge in [-0.1, -0.05) is 23.7 Å². The molecule has 0 aliphatic heterocycles. The SMILES string of the molecule is COC(=O)CCN/C=C(/C#N)C(=O)NCc1ccc(Cl)cc1. The van der Waals surface area contributed by atoms with Gasteiger partial charge in [-0.25, -0.2) is 0 Å². The van der Waals surface area contributed by atoms with E-state index in [-0.39, 0.29) is 31.1 Å². The van der Waals surface area contributed by atoms with Gasteiger partial charge in [0.1, 0.15) is 11.6 Å². The Hall–Kier alpha value is -2.52. The molecule has 0 saturated carbocycles. The molecule has 6 nitrogen and oxygen atoms in total. The number of benzene rings is 1. The van der Waals surface area contributed by atoms with Crippen molar-refractivity contribution in [3.8, 4) is 6.07 Å². The standard InChI is InChI=1S/C15H16ClN3O3/c1-22-14(20)6-7-18-10-12(8-17)15(21)19-9-11-2-4-13(16)5-3-11/h2-5,10,18H,6-7,9H2,1H3,(H,19,21)/b12-10-. The van der Waals surface area contributed by atoms with E-state index >= 15 is 0 Å². The summed E-state index contributed by atoms with van der Waals surface area (Å²) >= 11 is 5.77. The summed E-state index contributed by atoms with van der Waals surface area (Å²) in [6.45, 7) is 0.569. The van der Waals surface area contributed by atoms with Crippen LogP contribution >= 0.6 is 11.6 Å². The van der Waals surface area contributed by atoms with Crippen molar-refractivity contribution >= 4 is 23.5 Å². The minimum absolute atomic E-state index is 0.0705. The Morgan fingerprint density at radius 2 is 2.05 bits per heavy atom. The Morgan fingerprint density at radius 1 is 1.36 bits per heavy atom. The molecule has 116 valence electrons. The third-order valence-electron chi connectivity index (χ3n) is 2.68. The van der Waals surface area contributed by atoms with E-state index in [0.29, 0.717) is 5.02 Å². The van der Waals surface area contributed by atoms with Crippen molar-refractivity contribution in [2.45, 2.75) is 13.0 Å². The molecule has 2 N–H and O–H groups in total. The smallest absolute Gasteiger partial charge is 0.307 e. The summed E-state index contributed by atoms with van der Waals surface area (Å²) in [5.41, 5.74) is 0.799. The number of esters is 1. The highest BCUT2D eigenvalue weighted by Gasteiger charge is 2.08. The minimum atomic E-state index is -0.497. The second kappa shape index (κ2) is 9.42. The van der Waals surface area contributed by atoms with Gasteiger partial charge in [-0.3, -0.25) is 9.59 Å². The summed E-state index contributed by atoms with van der Waals surface area (Å²) in [7, 11) is 1.29. The van der Waals surface area contributed by atoms with Gasteiger partial charge in [-0.2, -0.15) is 5.26 Å². The van der Waals surface area contributed by atoms with Crippen LogP contribution in [-0.4, -0.2) is 25.5 Å². The molecule has 0 unspecified atom stereocenters. The van der Waals surface area contributed by atoms with Crippen molar-refractivity contribution in [3.05, 3.63) is 46.6 Å². The highest BCUT2D eigenvalue weighted by atomic mass is 35.5. The van der Waals surface area contributed by atoms with E-state index in [2.05, 4.69) is 15.4 Å². The van der Waals surface area contributed by atoms with Crippen LogP contribution < -0.4 is 10.6 Å². The fourth-order valence-corrected chi connectivity index (χ4v) is 1.60. The number of hydrogen-bond acceptors (Lipinski definition) is 5. The third kappa shape index (κ3) is 6.29. The summed E-state index contributed by atoms with van der Waals surface area (Å²) in [4.78, 5) is 22.7. The van der Waals surface area contributed by atoms with Crippen LogP contribution in [0.1, 0.15) is 12.0 Å². The van der Waals surface area contributed by atoms with Crippen LogP contribution in [0.2, 0.25) is 5.02 Å². The van der Waals surface area contributed by atoms with Crippen LogP contribution in [0.15, 0.2) is 36.0 Å². The number of nitrogens with zero attached hydrogens (tertiary/aromatic N) is 1. The fraction of sp³-hybridized carbons (Fsp3) is 0.267. The molecule has 1 rings (SSSR count). The fourth-order valence-electron chi connectivity index (χ4n) is 1.48. The third-order valence-corrected chi connectivity index (χ3v) is 2.93. The van der Waals surface area contributed by atoms with Crippen molar-refractivity contribution in [2.24, 2.45) is 0 Å². The predicted molar refractivity (Wildman–Crippen MR) is 81.6 cm³/mol. The largest absolute Gasteiger partial charge is 0.469 e. The van der Waals surface area contributed by atoms with E-state index in [1.54, 1.807) is 30.3 Å². The maximum Gasteiger partial charge on any atom is 0.307 e. The van der Waals surface area contributed by atoms with Crippen molar-refractivity contribution in [2.75, 3.05) is 13.7 Å². The molecule has 0 saturated heterocycles. The first-order chi connectivity index (χ1) is 10.6. The number of methoxy groups -OCH3 is 1. The first-order valence-electron chi connectivity index (χ1n) is 6.50. The summed E-state index contributed by atoms with van der Waals surface area (Å²) in [6, 6.07) is 8.81. The first-order valence-corrected chi connectivity index (χ1v) is 6.87. The molecule has 0 fully saturated rings. The minimum Gasteiger partial charge on any atom is -0.469 e. The molecule has 1 aromatic rings. The van der Waals surface area contributed by atoms with E-state index in [0.717, 1.165) is 5.56 Å². The number of carbonyl (C=O) groups excluding carboxylic acids is 2. The quantitative estimate of drug-likeness (QED) is 0.344. The first kappa shape index (κ1) is 17.5. The molecule has 1 amide bonds. The lowest BCUT2D eigenvalue weighted by atomic mass is 10.2. The number of hydrogen-bond donors (Lipinski definition) is 2. The number of halogens is 1. The van der Waals surface area contributed by atoms with Crippen LogP contribution in [0.4, 0.5) is 0 Å². The van der Waals surface area contributed by atoms with Gasteiger partial charge in [-0.05, 0) is 17.7 Å². The van der Waals surface area contributed by atoms with Crippen molar-refractivity contribution in [1.82, 2.24) is 10.6 Å². The summed E-state index contributed by atoms with van der Waals surface area (Å²) in [6.07, 6.45) is 1.43. The molecule has 0 heterocycles. The van der Waals surface area contributed by atoms with Gasteiger partial charge in [0, 0.05) is 24.3 Å². The summed E-state index contributed by atoms with van der Waals surface area (Å²) < 4.78 is 4.47. The molecule has 7 heteroatoms. The Kier molecular flexibility index (Phi) is 7.51. The number of ether oxygens (including phenoxy) is 1. The molecule has 0 radical (unpaired) electrons. The number of nitrogens with one attached hydrogen (secondary N) is 2. The topological polar surface area (TPSA) is 91.2 Å². The van der Waals surface area contributed by atoms with E-state index in [1.165, 1.54) is 13.3 Å². The van der Waals surface area contributed by atoms with Crippen LogP contribution in [0.5, 0.6) is 0 Å². The van der Waals surface area contributed by atoms with E-state index in [1.807, 2.05) is 0 Å². The summed E-state index contributed by atoms with van der Waals surface area (Å²) in [5, 5.41) is 14.9. The van der Waals surface area contributed by atoms with Gasteiger partial charge in [0.05, 0.1) is 13.5 Å². The lowest BCUT2D eigenvalue weighted by molar-refractivity contribution is -0.140. The maximum absolute atomic E-state index is 11.8. The average molecular weight is 322 g/mol. The Morgan fingerprint density at radius 3 is 2.64 bits per heavy atom. The normalized spacial score (nSPS) is 10.5. The van der Waals surface area contributed by atoms with Gasteiger partial charge in [0.25, 0.3) is 5.91 Å². The maximum atomic E-state index is 11.8. The molecule has 22 heavy (non-hydrogen) atoms. The Labute approximate surface area is 133 Å². The Balaban J connectivity index is 2.45. The van der Waals surface area contributed by atoms with E-state index in [9.17, 15) is 9.59 Å². The second-order valence-electron chi connectivity index (χ2n) is 4.26. The van der Waals surface area contributed by atoms with Crippen molar-refractivity contribution < 1.29 is 14.3 Å². The molecular formula is C15H16ClN3O3. The lowest BCUT2D eigenvalue weighted by Gasteiger charge is -2.05. The van der Waals surface area contributed by atoms with E-state index in [4.69, 9.17) is 16.9 Å². The number of nitriles is 1. The summed E-state index contributed by atoms with van der Waals surface area (Å²) in [5.74, 6) is -0.866. The van der Waals surface area contributed by atoms with Crippen LogP contribution in [0, 0.1) is 11.3 Å². The highest BCUT2D eigenvalue weighted by molar-refractivity contribution is 6.30. The molecule has 0 atom stereocenters. The molecule has 0 bridgehead atoms. The molecule has 1 aromatic carbocycles.